The molecule has 0 aromatic heterocycles. The molecule has 0 aliphatic heterocycles. The lowest BCUT2D eigenvalue weighted by Crippen LogP contribution is -2.44. The number of hydrogen-bond acceptors (Lipinski definition) is 3. The summed E-state index contributed by atoms with van der Waals surface area (Å²) in [6.07, 6.45) is 0.786. The summed E-state index contributed by atoms with van der Waals surface area (Å²) in [5, 5.41) is 9.34. The summed E-state index contributed by atoms with van der Waals surface area (Å²) in [6.45, 7) is 14.4. The maximum atomic E-state index is 9.34. The van der Waals surface area contributed by atoms with Crippen LogP contribution in [0.15, 0.2) is 0 Å². The molecule has 3 nitrogen and oxygen atoms in total. The molecule has 1 unspecified atom stereocenters. The lowest BCUT2D eigenvalue weighted by Gasteiger charge is -2.36. The third-order valence-electron chi connectivity index (χ3n) is 5.31. The fourth-order valence-corrected chi connectivity index (χ4v) is 8.54. The predicted molar refractivity (Wildman–Crippen MR) is 96.9 cm³/mol. The Morgan fingerprint density at radius 2 is 1.19 bits per heavy atom. The molecule has 5 heteroatoms. The van der Waals surface area contributed by atoms with Crippen molar-refractivity contribution in [2.75, 3.05) is 13.2 Å². The van der Waals surface area contributed by atoms with Gasteiger partial charge in [0.1, 0.15) is 0 Å². The molecule has 0 aliphatic rings. The molecule has 0 amide bonds. The Bertz CT molecular complexity index is 237. The Balaban J connectivity index is 4.76. The number of hydrogen-bond donors (Lipinski definition) is 1. The van der Waals surface area contributed by atoms with Gasteiger partial charge in [-0.25, -0.2) is 0 Å². The highest BCUT2D eigenvalue weighted by molar-refractivity contribution is 6.74. The first-order valence-corrected chi connectivity index (χ1v) is 14.0. The third kappa shape index (κ3) is 6.52. The molecule has 0 aromatic rings. The first kappa shape index (κ1) is 21.3. The highest BCUT2D eigenvalue weighted by Gasteiger charge is 2.34. The molecular formula is C16H38O3Si2. The second kappa shape index (κ2) is 10.9. The van der Waals surface area contributed by atoms with E-state index in [1.165, 1.54) is 18.1 Å². The van der Waals surface area contributed by atoms with Crippen LogP contribution >= 0.6 is 0 Å². The van der Waals surface area contributed by atoms with Crippen LogP contribution in [0.5, 0.6) is 0 Å². The zero-order chi connectivity index (χ0) is 16.4. The van der Waals surface area contributed by atoms with Crippen molar-refractivity contribution >= 4 is 16.6 Å². The Kier molecular flexibility index (Phi) is 11.1. The van der Waals surface area contributed by atoms with Crippen LogP contribution in [0, 0.1) is 0 Å². The van der Waals surface area contributed by atoms with Gasteiger partial charge in [-0.15, -0.1) is 0 Å². The number of aliphatic hydroxyl groups excluding tert-OH is 1. The van der Waals surface area contributed by atoms with Gasteiger partial charge in [0.2, 0.25) is 0 Å². The maximum absolute atomic E-state index is 9.34. The van der Waals surface area contributed by atoms with Gasteiger partial charge in [0.05, 0.1) is 12.7 Å². The van der Waals surface area contributed by atoms with E-state index < -0.39 is 16.6 Å². The summed E-state index contributed by atoms with van der Waals surface area (Å²) >= 11 is 0. The third-order valence-corrected chi connectivity index (χ3v) is 14.7. The molecule has 0 rings (SSSR count). The molecule has 0 aromatic carbocycles. The molecule has 0 spiro atoms. The second-order valence-electron chi connectivity index (χ2n) is 6.05. The van der Waals surface area contributed by atoms with E-state index in [0.29, 0.717) is 13.0 Å². The molecule has 0 saturated carbocycles. The zero-order valence-electron chi connectivity index (χ0n) is 15.2. The van der Waals surface area contributed by atoms with E-state index in [4.69, 9.17) is 8.85 Å². The highest BCUT2D eigenvalue weighted by atomic mass is 28.4. The van der Waals surface area contributed by atoms with Gasteiger partial charge in [-0.3, -0.25) is 0 Å². The monoisotopic (exact) mass is 334 g/mol. The first-order chi connectivity index (χ1) is 10.0. The van der Waals surface area contributed by atoms with Crippen molar-refractivity contribution in [2.45, 2.75) is 90.3 Å². The van der Waals surface area contributed by atoms with Crippen LogP contribution in [0.25, 0.3) is 0 Å². The molecule has 21 heavy (non-hydrogen) atoms. The van der Waals surface area contributed by atoms with E-state index in [1.807, 2.05) is 0 Å². The molecule has 128 valence electrons. The van der Waals surface area contributed by atoms with E-state index in [-0.39, 0.29) is 12.7 Å². The molecule has 0 aliphatic carbocycles. The van der Waals surface area contributed by atoms with E-state index >= 15 is 0 Å². The molecule has 0 saturated heterocycles. The van der Waals surface area contributed by atoms with Crippen molar-refractivity contribution in [3.8, 4) is 0 Å². The normalized spacial score (nSPS) is 14.4. The van der Waals surface area contributed by atoms with Crippen molar-refractivity contribution < 1.29 is 14.0 Å². The van der Waals surface area contributed by atoms with Gasteiger partial charge in [0.25, 0.3) is 0 Å². The Morgan fingerprint density at radius 3 is 1.52 bits per heavy atom. The lowest BCUT2D eigenvalue weighted by molar-refractivity contribution is 0.0872. The fraction of sp³-hybridized carbons (Fsp3) is 1.00. The van der Waals surface area contributed by atoms with Gasteiger partial charge in [0, 0.05) is 6.61 Å². The second-order valence-corrected chi connectivity index (χ2v) is 15.5. The van der Waals surface area contributed by atoms with Crippen molar-refractivity contribution in [3.63, 3.8) is 0 Å². The molecular weight excluding hydrogens is 296 g/mol. The van der Waals surface area contributed by atoms with Gasteiger partial charge in [-0.1, -0.05) is 41.5 Å². The van der Waals surface area contributed by atoms with Crippen molar-refractivity contribution in [2.24, 2.45) is 0 Å². The van der Waals surface area contributed by atoms with Crippen molar-refractivity contribution in [1.29, 1.82) is 0 Å². The number of aliphatic hydroxyl groups is 1. The van der Waals surface area contributed by atoms with Crippen LogP contribution in [0.2, 0.25) is 36.3 Å². The minimum atomic E-state index is -1.62. The average Bonchev–Trinajstić information content (AvgIpc) is 2.54. The molecule has 0 bridgehead atoms. The van der Waals surface area contributed by atoms with E-state index in [1.54, 1.807) is 0 Å². The van der Waals surface area contributed by atoms with Crippen molar-refractivity contribution in [1.82, 2.24) is 0 Å². The average molecular weight is 335 g/mol. The van der Waals surface area contributed by atoms with Crippen LogP contribution in [0.1, 0.15) is 48.0 Å². The minimum Gasteiger partial charge on any atom is -0.414 e. The summed E-state index contributed by atoms with van der Waals surface area (Å²) in [4.78, 5) is 0. The molecule has 1 N–H and O–H groups in total. The van der Waals surface area contributed by atoms with Crippen LogP contribution < -0.4 is 0 Å². The Labute approximate surface area is 134 Å². The van der Waals surface area contributed by atoms with Crippen LogP contribution in [0.4, 0.5) is 0 Å². The number of rotatable bonds is 13. The van der Waals surface area contributed by atoms with Gasteiger partial charge in [0.15, 0.2) is 16.6 Å². The molecule has 0 heterocycles. The minimum absolute atomic E-state index is 0.0815. The standard InChI is InChI=1S/C16H38O3Si2/c1-7-20(8-2,9-3)18-15-16(13-14-17)19-21(10-4,11-5)12-6/h16-17H,7-15H2,1-6H3. The van der Waals surface area contributed by atoms with Crippen LogP contribution in [-0.2, 0) is 8.85 Å². The Morgan fingerprint density at radius 1 is 0.762 bits per heavy atom. The van der Waals surface area contributed by atoms with Gasteiger partial charge >= 0.3 is 0 Å². The molecule has 0 fully saturated rings. The van der Waals surface area contributed by atoms with Crippen LogP contribution in [0.3, 0.4) is 0 Å². The van der Waals surface area contributed by atoms with Gasteiger partial charge < -0.3 is 14.0 Å². The first-order valence-electron chi connectivity index (χ1n) is 8.93. The predicted octanol–water partition coefficient (Wildman–Crippen LogP) is 4.78. The lowest BCUT2D eigenvalue weighted by atomic mass is 10.3. The summed E-state index contributed by atoms with van der Waals surface area (Å²) in [5.41, 5.74) is 0. The molecule has 1 atom stereocenters. The summed E-state index contributed by atoms with van der Waals surface area (Å²) in [7, 11) is -3.18. The topological polar surface area (TPSA) is 38.7 Å². The fourth-order valence-electron chi connectivity index (χ4n) is 3.00. The quantitative estimate of drug-likeness (QED) is 0.493. The van der Waals surface area contributed by atoms with E-state index in [2.05, 4.69) is 41.5 Å². The Hall–Kier alpha value is 0.314. The van der Waals surface area contributed by atoms with Gasteiger partial charge in [-0.2, -0.15) is 0 Å². The molecule has 0 radical (unpaired) electrons. The highest BCUT2D eigenvalue weighted by Crippen LogP contribution is 2.26. The van der Waals surface area contributed by atoms with E-state index in [9.17, 15) is 5.11 Å². The van der Waals surface area contributed by atoms with Gasteiger partial charge in [-0.05, 0) is 42.7 Å². The SMILES string of the molecule is CC[Si](CC)(CC)OCC(CCO)O[Si](CC)(CC)CC. The van der Waals surface area contributed by atoms with E-state index in [0.717, 1.165) is 18.1 Å². The largest absolute Gasteiger partial charge is 0.414 e. The zero-order valence-corrected chi connectivity index (χ0v) is 17.2. The maximum Gasteiger partial charge on any atom is 0.192 e. The summed E-state index contributed by atoms with van der Waals surface area (Å²) in [6, 6.07) is 6.97. The summed E-state index contributed by atoms with van der Waals surface area (Å²) in [5.74, 6) is 0. The smallest absolute Gasteiger partial charge is 0.192 e. The summed E-state index contributed by atoms with van der Waals surface area (Å²) < 4.78 is 12.9. The van der Waals surface area contributed by atoms with Crippen molar-refractivity contribution in [3.05, 3.63) is 0 Å². The van der Waals surface area contributed by atoms with Crippen LogP contribution in [-0.4, -0.2) is 41.1 Å².